The molecule has 0 unspecified atom stereocenters. The highest BCUT2D eigenvalue weighted by Crippen LogP contribution is 2.63. The number of hydrogen-bond acceptors (Lipinski definition) is 10. The molecule has 2 aromatic carbocycles. The lowest BCUT2D eigenvalue weighted by Gasteiger charge is -2.56. The lowest BCUT2D eigenvalue weighted by atomic mass is 9.53. The van der Waals surface area contributed by atoms with E-state index < -0.39 is 22.6 Å². The Bertz CT molecular complexity index is 1690. The number of aliphatic hydroxyl groups excluding tert-OH is 2. The van der Waals surface area contributed by atoms with Gasteiger partial charge in [0.2, 0.25) is 0 Å². The highest BCUT2D eigenvalue weighted by Gasteiger charge is 2.65. The molecule has 4 heterocycles. The maximum Gasteiger partial charge on any atom is 0.394 e. The van der Waals surface area contributed by atoms with Crippen LogP contribution in [0.25, 0.3) is 0 Å². The van der Waals surface area contributed by atoms with Gasteiger partial charge in [0, 0.05) is 45.9 Å². The minimum absolute atomic E-state index is 0.160. The predicted molar refractivity (Wildman–Crippen MR) is 169 cm³/mol. The highest BCUT2D eigenvalue weighted by molar-refractivity contribution is 7.79. The summed E-state index contributed by atoms with van der Waals surface area (Å²) in [7, 11) is -0.291. The molecule has 2 saturated heterocycles. The van der Waals surface area contributed by atoms with Gasteiger partial charge in [-0.1, -0.05) is 36.4 Å². The van der Waals surface area contributed by atoms with Gasteiger partial charge in [0.25, 0.3) is 0 Å². The smallest absolute Gasteiger partial charge is 0.394 e. The molecule has 4 bridgehead atoms. The number of hydrogen-bond donors (Lipinski definition) is 6. The summed E-state index contributed by atoms with van der Waals surface area (Å²) in [5.74, 6) is 2.38. The van der Waals surface area contributed by atoms with E-state index in [1.54, 1.807) is 12.1 Å². The van der Waals surface area contributed by atoms with Crippen molar-refractivity contribution >= 4 is 10.4 Å². The van der Waals surface area contributed by atoms with Crippen LogP contribution >= 0.6 is 0 Å². The van der Waals surface area contributed by atoms with Gasteiger partial charge in [-0.2, -0.15) is 8.42 Å². The van der Waals surface area contributed by atoms with Gasteiger partial charge in [-0.05, 0) is 76.1 Å². The SMILES string of the molecule is CN1CC[C@]23c4c5ccc(O)c4O[C@H]2[C@@H](O)C=C[C@H]3[C@H]1C5.CN1CC[C@]23c4c5ccc(O)c4O[C@H]2[C@@H](O)C=C[C@H]3[C@H]1C5.O=S(=O)(O)O. The zero-order chi connectivity index (χ0) is 33.2. The number of benzene rings is 2. The zero-order valence-corrected chi connectivity index (χ0v) is 26.9. The van der Waals surface area contributed by atoms with Gasteiger partial charge in [-0.15, -0.1) is 0 Å². The van der Waals surface area contributed by atoms with Crippen molar-refractivity contribution in [2.24, 2.45) is 11.8 Å². The van der Waals surface area contributed by atoms with Crippen molar-refractivity contribution in [3.8, 4) is 23.0 Å². The Morgan fingerprint density at radius 2 is 1.09 bits per heavy atom. The van der Waals surface area contributed by atoms with Crippen LogP contribution in [-0.2, 0) is 34.1 Å². The van der Waals surface area contributed by atoms with E-state index in [0.29, 0.717) is 35.4 Å². The van der Waals surface area contributed by atoms with Gasteiger partial charge < -0.3 is 39.7 Å². The molecule has 10 atom stereocenters. The fourth-order valence-corrected chi connectivity index (χ4v) is 10.5. The Balaban J connectivity index is 0.000000121. The standard InChI is InChI=1S/2C17H19NO3.H2O4S/c2*1-18-7-6-17-10-3-5-13(20)16(17)21-15-12(19)4-2-9(14(15)17)8-11(10)18;1-5(2,3)4/h2*2-5,10-11,13,16,19-20H,6-8H2,1H3;(H2,1,2,3,4)/t2*10-,11+,13-,16-,17-;/m00./s1. The third-order valence-corrected chi connectivity index (χ3v) is 12.3. The van der Waals surface area contributed by atoms with Gasteiger partial charge >= 0.3 is 10.4 Å². The molecule has 252 valence electrons. The van der Waals surface area contributed by atoms with E-state index in [-0.39, 0.29) is 34.5 Å². The second kappa shape index (κ2) is 10.4. The molecule has 0 radical (unpaired) electrons. The number of likely N-dealkylation sites (N-methyl/N-ethyl adjacent to an activating group) is 2. The van der Waals surface area contributed by atoms with Crippen LogP contribution in [-0.4, -0.2) is 111 Å². The normalized spacial score (nSPS) is 39.3. The summed E-state index contributed by atoms with van der Waals surface area (Å²) in [5.41, 5.74) is 4.58. The quantitative estimate of drug-likeness (QED) is 0.177. The molecule has 47 heavy (non-hydrogen) atoms. The van der Waals surface area contributed by atoms with Crippen molar-refractivity contribution in [3.63, 3.8) is 0 Å². The maximum atomic E-state index is 10.4. The van der Waals surface area contributed by atoms with Crippen LogP contribution < -0.4 is 9.47 Å². The maximum absolute atomic E-state index is 10.4. The van der Waals surface area contributed by atoms with Crippen LogP contribution in [0.15, 0.2) is 48.6 Å². The molecule has 13 heteroatoms. The largest absolute Gasteiger partial charge is 0.504 e. The molecule has 0 aromatic heterocycles. The van der Waals surface area contributed by atoms with Crippen LogP contribution in [0.2, 0.25) is 0 Å². The molecule has 6 N–H and O–H groups in total. The van der Waals surface area contributed by atoms with E-state index in [9.17, 15) is 20.4 Å². The minimum atomic E-state index is -4.67. The van der Waals surface area contributed by atoms with Crippen molar-refractivity contribution in [2.45, 2.75) is 73.0 Å². The number of piperidine rings is 2. The second-order valence-electron chi connectivity index (χ2n) is 14.3. The highest BCUT2D eigenvalue weighted by atomic mass is 32.3. The van der Waals surface area contributed by atoms with Crippen LogP contribution in [0, 0.1) is 11.8 Å². The summed E-state index contributed by atoms with van der Waals surface area (Å²) >= 11 is 0. The first-order chi connectivity index (χ1) is 22.3. The Hall–Kier alpha value is -3.17. The molecule has 10 rings (SSSR count). The average molecular weight is 669 g/mol. The van der Waals surface area contributed by atoms with Crippen molar-refractivity contribution in [1.82, 2.24) is 9.80 Å². The number of ether oxygens (including phenoxy) is 2. The fourth-order valence-electron chi connectivity index (χ4n) is 10.5. The van der Waals surface area contributed by atoms with E-state index in [2.05, 4.69) is 36.0 Å². The van der Waals surface area contributed by atoms with Crippen molar-refractivity contribution in [2.75, 3.05) is 27.2 Å². The van der Waals surface area contributed by atoms with Gasteiger partial charge in [-0.3, -0.25) is 9.11 Å². The number of likely N-dealkylation sites (tertiary alicyclic amines) is 2. The summed E-state index contributed by atoms with van der Waals surface area (Å²) in [6.07, 6.45) is 10.4. The number of rotatable bonds is 0. The molecule has 2 spiro atoms. The summed E-state index contributed by atoms with van der Waals surface area (Å²) in [5, 5.41) is 41.3. The van der Waals surface area contributed by atoms with Crippen LogP contribution in [0.1, 0.15) is 35.1 Å². The van der Waals surface area contributed by atoms with Crippen LogP contribution in [0.4, 0.5) is 0 Å². The summed E-state index contributed by atoms with van der Waals surface area (Å²) in [6.45, 7) is 2.02. The third kappa shape index (κ3) is 4.30. The molecular formula is C34H40N2O10S. The number of phenolic OH excluding ortho intramolecular Hbond substituents is 2. The van der Waals surface area contributed by atoms with Crippen molar-refractivity contribution in [1.29, 1.82) is 0 Å². The average Bonchev–Trinajstić information content (AvgIpc) is 3.56. The number of aliphatic hydroxyl groups is 2. The third-order valence-electron chi connectivity index (χ3n) is 12.3. The number of aromatic hydroxyl groups is 2. The van der Waals surface area contributed by atoms with Gasteiger partial charge in [-0.25, -0.2) is 0 Å². The van der Waals surface area contributed by atoms with Crippen LogP contribution in [0.3, 0.4) is 0 Å². The first kappa shape index (κ1) is 31.1. The molecule has 0 amide bonds. The van der Waals surface area contributed by atoms with E-state index in [4.69, 9.17) is 27.0 Å². The summed E-state index contributed by atoms with van der Waals surface area (Å²) in [4.78, 5) is 4.87. The van der Waals surface area contributed by atoms with Crippen molar-refractivity contribution in [3.05, 3.63) is 70.8 Å². The van der Waals surface area contributed by atoms with Gasteiger partial charge in [0.05, 0.1) is 0 Å². The monoisotopic (exact) mass is 668 g/mol. The first-order valence-corrected chi connectivity index (χ1v) is 17.5. The Kier molecular flexibility index (Phi) is 6.90. The molecule has 12 nitrogen and oxygen atoms in total. The lowest BCUT2D eigenvalue weighted by Crippen LogP contribution is -2.64. The molecule has 4 aliphatic carbocycles. The van der Waals surface area contributed by atoms with E-state index >= 15 is 0 Å². The molecular weight excluding hydrogens is 628 g/mol. The Morgan fingerprint density at radius 3 is 1.47 bits per heavy atom. The van der Waals surface area contributed by atoms with Crippen molar-refractivity contribution < 1.29 is 47.4 Å². The molecule has 0 saturated carbocycles. The van der Waals surface area contributed by atoms with Gasteiger partial charge in [0.1, 0.15) is 24.4 Å². The Labute approximate surface area is 273 Å². The number of phenols is 2. The van der Waals surface area contributed by atoms with Crippen LogP contribution in [0.5, 0.6) is 23.0 Å². The molecule has 8 aliphatic rings. The minimum Gasteiger partial charge on any atom is -0.504 e. The molecule has 2 fully saturated rings. The zero-order valence-electron chi connectivity index (χ0n) is 26.1. The molecule has 4 aliphatic heterocycles. The fraction of sp³-hybridized carbons (Fsp3) is 0.529. The lowest BCUT2D eigenvalue weighted by molar-refractivity contribution is -0.0453. The first-order valence-electron chi connectivity index (χ1n) is 16.1. The van der Waals surface area contributed by atoms with E-state index in [1.807, 2.05) is 24.3 Å². The molecule has 2 aromatic rings. The second-order valence-corrected chi connectivity index (χ2v) is 15.2. The van der Waals surface area contributed by atoms with Gasteiger partial charge in [0.15, 0.2) is 23.0 Å². The Morgan fingerprint density at radius 1 is 0.702 bits per heavy atom. The number of nitrogens with zero attached hydrogens (tertiary/aromatic N) is 2. The topological polar surface area (TPSA) is 180 Å². The predicted octanol–water partition coefficient (Wildman–Crippen LogP) is 1.74. The van der Waals surface area contributed by atoms with E-state index in [1.165, 1.54) is 22.3 Å². The van der Waals surface area contributed by atoms with E-state index in [0.717, 1.165) is 38.8 Å². The summed E-state index contributed by atoms with van der Waals surface area (Å²) < 4.78 is 43.8. The summed E-state index contributed by atoms with van der Waals surface area (Å²) in [6, 6.07) is 8.45.